The van der Waals surface area contributed by atoms with E-state index < -0.39 is 0 Å². The van der Waals surface area contributed by atoms with Gasteiger partial charge in [0.05, 0.1) is 0 Å². The smallest absolute Gasteiger partial charge is 0.164 e. The molecule has 4 aromatic heterocycles. The molecule has 0 saturated heterocycles. The van der Waals surface area contributed by atoms with E-state index in [-0.39, 0.29) is 5.41 Å². The Hall–Kier alpha value is -7.41. The van der Waals surface area contributed by atoms with Crippen LogP contribution in [0.25, 0.3) is 120 Å². The number of hydrogen-bond donors (Lipinski definition) is 0. The van der Waals surface area contributed by atoms with Crippen LogP contribution in [0.2, 0.25) is 0 Å². The first-order chi connectivity index (χ1) is 29.5. The van der Waals surface area contributed by atoms with Gasteiger partial charge in [-0.15, -0.1) is 11.3 Å². The van der Waals surface area contributed by atoms with E-state index in [1.54, 1.807) is 11.3 Å². The quantitative estimate of drug-likeness (QED) is 0.178. The molecule has 4 heterocycles. The number of furan rings is 2. The molecule has 8 aromatic carbocycles. The summed E-state index contributed by atoms with van der Waals surface area (Å²) in [7, 11) is 0. The third-order valence-corrected chi connectivity index (χ3v) is 13.7. The van der Waals surface area contributed by atoms with E-state index in [9.17, 15) is 0 Å². The third kappa shape index (κ3) is 4.76. The number of nitrogens with zero attached hydrogens (tertiary/aromatic N) is 3. The average Bonchev–Trinajstić information content (AvgIpc) is 4.04. The van der Waals surface area contributed by atoms with Crippen LogP contribution in [0, 0.1) is 0 Å². The topological polar surface area (TPSA) is 65.0 Å². The maximum absolute atomic E-state index is 6.61. The molecule has 1 aliphatic rings. The Morgan fingerprint density at radius 3 is 1.77 bits per heavy atom. The van der Waals surface area contributed by atoms with Gasteiger partial charge in [-0.3, -0.25) is 0 Å². The number of rotatable bonds is 4. The van der Waals surface area contributed by atoms with Crippen molar-refractivity contribution in [1.82, 2.24) is 15.0 Å². The summed E-state index contributed by atoms with van der Waals surface area (Å²) in [5.74, 6) is 1.75. The lowest BCUT2D eigenvalue weighted by molar-refractivity contribution is 0.662. The second-order valence-electron chi connectivity index (χ2n) is 16.3. The van der Waals surface area contributed by atoms with Gasteiger partial charge in [0.1, 0.15) is 22.3 Å². The molecule has 0 radical (unpaired) electrons. The van der Waals surface area contributed by atoms with Crippen LogP contribution in [0.15, 0.2) is 173 Å². The van der Waals surface area contributed by atoms with Crippen LogP contribution in [0.4, 0.5) is 0 Å². The van der Waals surface area contributed by atoms with Crippen molar-refractivity contribution in [2.45, 2.75) is 19.3 Å². The minimum absolute atomic E-state index is 0.153. The Bertz CT molecular complexity index is 3770. The van der Waals surface area contributed by atoms with Crippen LogP contribution in [0.3, 0.4) is 0 Å². The van der Waals surface area contributed by atoms with Crippen molar-refractivity contribution in [2.75, 3.05) is 0 Å². The molecule has 5 nitrogen and oxygen atoms in total. The lowest BCUT2D eigenvalue weighted by Crippen LogP contribution is -2.16. The SMILES string of the molecule is CC1(C)c2ccccc2-c2cccc(-c3ccc4oc5cccc(-c6nc(-c7ccc8sc9ccccc9c8c7)nc(-c7cccc8oc9ccccc9c78)n6)c5c4c3)c21. The van der Waals surface area contributed by atoms with Gasteiger partial charge in [0, 0.05) is 63.8 Å². The molecule has 0 saturated carbocycles. The number of benzene rings is 8. The zero-order chi connectivity index (χ0) is 39.7. The highest BCUT2D eigenvalue weighted by atomic mass is 32.1. The predicted octanol–water partition coefficient (Wildman–Crippen LogP) is 15.0. The Labute approximate surface area is 348 Å². The van der Waals surface area contributed by atoms with E-state index in [1.807, 2.05) is 42.5 Å². The molecule has 60 heavy (non-hydrogen) atoms. The highest BCUT2D eigenvalue weighted by molar-refractivity contribution is 7.25. The summed E-state index contributed by atoms with van der Waals surface area (Å²) < 4.78 is 15.4. The van der Waals surface area contributed by atoms with Gasteiger partial charge in [0.25, 0.3) is 0 Å². The fourth-order valence-corrected chi connectivity index (χ4v) is 10.9. The summed E-state index contributed by atoms with van der Waals surface area (Å²) in [6, 6.07) is 57.6. The van der Waals surface area contributed by atoms with Gasteiger partial charge in [-0.25, -0.2) is 15.0 Å². The Kier molecular flexibility index (Phi) is 6.88. The standard InChI is InChI=1S/C54H33N3O2S/c1-54(2)41-19-6-3-12-33(41)35-16-9-15-32(50(35)54)30-24-26-43-40(28-30)49-38(18-11-22-45(49)59-43)53-56-51(31-25-27-47-39(29-31)34-13-5-8-23-46(34)60-47)55-52(57-53)37-17-10-21-44-48(37)36-14-4-7-20-42(36)58-44/h3-29H,1-2H3. The summed E-state index contributed by atoms with van der Waals surface area (Å²) in [6.07, 6.45) is 0. The Morgan fingerprint density at radius 1 is 0.400 bits per heavy atom. The van der Waals surface area contributed by atoms with E-state index in [0.717, 1.165) is 66.1 Å². The molecule has 0 bridgehead atoms. The first kappa shape index (κ1) is 33.6. The van der Waals surface area contributed by atoms with E-state index in [2.05, 4.69) is 135 Å². The first-order valence-electron chi connectivity index (χ1n) is 20.3. The summed E-state index contributed by atoms with van der Waals surface area (Å²) in [4.78, 5) is 15.9. The van der Waals surface area contributed by atoms with Gasteiger partial charge >= 0.3 is 0 Å². The van der Waals surface area contributed by atoms with Gasteiger partial charge in [0.15, 0.2) is 17.5 Å². The van der Waals surface area contributed by atoms with E-state index in [0.29, 0.717) is 17.5 Å². The highest BCUT2D eigenvalue weighted by Crippen LogP contribution is 2.52. The van der Waals surface area contributed by atoms with Crippen molar-refractivity contribution in [3.05, 3.63) is 175 Å². The van der Waals surface area contributed by atoms with Gasteiger partial charge < -0.3 is 8.83 Å². The second-order valence-corrected chi connectivity index (χ2v) is 17.4. The van der Waals surface area contributed by atoms with Crippen molar-refractivity contribution in [3.63, 3.8) is 0 Å². The molecule has 0 amide bonds. The number of fused-ring (bicyclic) bond motifs is 12. The fourth-order valence-electron chi connectivity index (χ4n) is 9.84. The fraction of sp³-hybridized carbons (Fsp3) is 0.0556. The van der Waals surface area contributed by atoms with E-state index in [4.69, 9.17) is 23.8 Å². The van der Waals surface area contributed by atoms with Crippen molar-refractivity contribution >= 4 is 75.4 Å². The third-order valence-electron chi connectivity index (χ3n) is 12.5. The van der Waals surface area contributed by atoms with E-state index in [1.165, 1.54) is 48.0 Å². The zero-order valence-electron chi connectivity index (χ0n) is 32.7. The molecule has 1 aliphatic carbocycles. The van der Waals surface area contributed by atoms with Gasteiger partial charge in [-0.2, -0.15) is 0 Å². The number of thiophene rings is 1. The summed E-state index contributed by atoms with van der Waals surface area (Å²) in [5, 5.41) is 6.40. The molecule has 6 heteroatoms. The largest absolute Gasteiger partial charge is 0.456 e. The highest BCUT2D eigenvalue weighted by Gasteiger charge is 2.37. The maximum Gasteiger partial charge on any atom is 0.164 e. The molecule has 0 N–H and O–H groups in total. The van der Waals surface area contributed by atoms with Crippen LogP contribution < -0.4 is 0 Å². The minimum Gasteiger partial charge on any atom is -0.456 e. The Balaban J connectivity index is 1.05. The summed E-state index contributed by atoms with van der Waals surface area (Å²) in [6.45, 7) is 4.68. The number of aromatic nitrogens is 3. The maximum atomic E-state index is 6.61. The predicted molar refractivity (Wildman–Crippen MR) is 247 cm³/mol. The molecular weight excluding hydrogens is 755 g/mol. The molecule has 0 atom stereocenters. The van der Waals surface area contributed by atoms with Gasteiger partial charge in [-0.1, -0.05) is 123 Å². The van der Waals surface area contributed by atoms with Gasteiger partial charge in [-0.05, 0) is 88.0 Å². The van der Waals surface area contributed by atoms with Crippen molar-refractivity contribution in [1.29, 1.82) is 0 Å². The summed E-state index contributed by atoms with van der Waals surface area (Å²) >= 11 is 1.80. The first-order valence-corrected chi connectivity index (χ1v) is 21.1. The van der Waals surface area contributed by atoms with Gasteiger partial charge in [0.2, 0.25) is 0 Å². The zero-order valence-corrected chi connectivity index (χ0v) is 33.5. The molecule has 0 unspecified atom stereocenters. The van der Waals surface area contributed by atoms with Crippen LogP contribution in [0.5, 0.6) is 0 Å². The Morgan fingerprint density at radius 2 is 0.950 bits per heavy atom. The number of para-hydroxylation sites is 1. The summed E-state index contributed by atoms with van der Waals surface area (Å²) in [5.41, 5.74) is 13.4. The van der Waals surface area contributed by atoms with Crippen LogP contribution >= 0.6 is 11.3 Å². The normalized spacial score (nSPS) is 13.3. The van der Waals surface area contributed by atoms with Crippen molar-refractivity contribution in [3.8, 4) is 56.4 Å². The lowest BCUT2D eigenvalue weighted by Gasteiger charge is -2.24. The minimum atomic E-state index is -0.153. The average molecular weight is 788 g/mol. The molecule has 0 fully saturated rings. The van der Waals surface area contributed by atoms with Crippen molar-refractivity contribution in [2.24, 2.45) is 0 Å². The lowest BCUT2D eigenvalue weighted by atomic mass is 9.79. The van der Waals surface area contributed by atoms with Crippen LogP contribution in [-0.4, -0.2) is 15.0 Å². The van der Waals surface area contributed by atoms with Crippen molar-refractivity contribution < 1.29 is 8.83 Å². The van der Waals surface area contributed by atoms with Crippen LogP contribution in [-0.2, 0) is 5.41 Å². The van der Waals surface area contributed by atoms with Crippen LogP contribution in [0.1, 0.15) is 25.0 Å². The monoisotopic (exact) mass is 787 g/mol. The number of hydrogen-bond acceptors (Lipinski definition) is 6. The second kappa shape index (κ2) is 12.3. The van der Waals surface area contributed by atoms with E-state index >= 15 is 0 Å². The molecule has 0 aliphatic heterocycles. The molecule has 0 spiro atoms. The molecule has 12 aromatic rings. The molecule has 282 valence electrons. The molecule has 13 rings (SSSR count). The molecular formula is C54H33N3O2S.